The summed E-state index contributed by atoms with van der Waals surface area (Å²) in [4.78, 5) is 8.25. The lowest BCUT2D eigenvalue weighted by molar-refractivity contribution is -0.140. The lowest BCUT2D eigenvalue weighted by Gasteiger charge is -2.10. The lowest BCUT2D eigenvalue weighted by atomic mass is 10.2. The molecule has 0 aliphatic heterocycles. The smallest absolute Gasteiger partial charge is 0.329 e. The summed E-state index contributed by atoms with van der Waals surface area (Å²) in [5.41, 5.74) is -0.445. The van der Waals surface area contributed by atoms with Crippen LogP contribution in [0.1, 0.15) is 17.1 Å². The summed E-state index contributed by atoms with van der Waals surface area (Å²) in [5, 5.41) is 0. The average molecular weight is 361 g/mol. The van der Waals surface area contributed by atoms with Gasteiger partial charge in [0.05, 0.1) is 24.1 Å². The van der Waals surface area contributed by atoms with Gasteiger partial charge < -0.3 is 9.13 Å². The highest BCUT2D eigenvalue weighted by Crippen LogP contribution is 2.32. The number of halogens is 5. The molecule has 3 aromatic rings. The Kier molecular flexibility index (Phi) is 4.98. The van der Waals surface area contributed by atoms with Crippen molar-refractivity contribution in [3.05, 3.63) is 66.0 Å². The molecule has 0 saturated carbocycles. The van der Waals surface area contributed by atoms with Crippen LogP contribution < -0.4 is 0 Å². The minimum atomic E-state index is -4.74. The number of aryl methyl sites for hydroxylation is 1. The molecule has 0 spiro atoms. The molecule has 9 heteroatoms. The van der Waals surface area contributed by atoms with Crippen molar-refractivity contribution >= 4 is 12.4 Å². The zero-order chi connectivity index (χ0) is 16.6. The summed E-state index contributed by atoms with van der Waals surface area (Å²) in [6.07, 6.45) is 1.70. The van der Waals surface area contributed by atoms with Crippen LogP contribution in [0.4, 0.5) is 17.6 Å². The number of nitrogens with zero attached hydrogens (tertiary/aromatic N) is 4. The van der Waals surface area contributed by atoms with Crippen LogP contribution >= 0.6 is 12.4 Å². The molecular weight excluding hydrogens is 348 g/mol. The van der Waals surface area contributed by atoms with Gasteiger partial charge in [-0.15, -0.1) is 12.4 Å². The van der Waals surface area contributed by atoms with Gasteiger partial charge >= 0.3 is 6.18 Å². The zero-order valence-corrected chi connectivity index (χ0v) is 13.3. The summed E-state index contributed by atoms with van der Waals surface area (Å²) < 4.78 is 54.9. The molecule has 1 aromatic carbocycles. The average Bonchev–Trinajstić information content (AvgIpc) is 3.09. The van der Waals surface area contributed by atoms with Crippen LogP contribution in [0, 0.1) is 12.7 Å². The number of alkyl halides is 3. The number of imidazole rings is 2. The Labute approximate surface area is 141 Å². The van der Waals surface area contributed by atoms with Crippen LogP contribution in [0.15, 0.2) is 43.1 Å². The topological polar surface area (TPSA) is 35.6 Å². The Hall–Kier alpha value is -2.35. The zero-order valence-electron chi connectivity index (χ0n) is 12.5. The summed E-state index contributed by atoms with van der Waals surface area (Å²) >= 11 is 0. The summed E-state index contributed by atoms with van der Waals surface area (Å²) in [7, 11) is 0. The third-order valence-corrected chi connectivity index (χ3v) is 3.45. The molecule has 128 valence electrons. The summed E-state index contributed by atoms with van der Waals surface area (Å²) in [5.74, 6) is -0.490. The standard InChI is InChI=1S/C15H12F4N4.ClH/c1-10-20-4-5-22(10)7-11-8-23(9-21-11)12-2-3-14(16)13(6-12)15(17,18)19;/h2-6,8-9H,7H2,1H3;1H. The van der Waals surface area contributed by atoms with Gasteiger partial charge in [0.25, 0.3) is 0 Å². The van der Waals surface area contributed by atoms with E-state index >= 15 is 0 Å². The van der Waals surface area contributed by atoms with Crippen molar-refractivity contribution in [3.63, 3.8) is 0 Å². The molecule has 4 nitrogen and oxygen atoms in total. The van der Waals surface area contributed by atoms with Crippen LogP contribution in [-0.4, -0.2) is 19.1 Å². The fraction of sp³-hybridized carbons (Fsp3) is 0.200. The highest BCUT2D eigenvalue weighted by molar-refractivity contribution is 5.85. The molecule has 2 heterocycles. The van der Waals surface area contributed by atoms with Crippen molar-refractivity contribution in [1.29, 1.82) is 0 Å². The lowest BCUT2D eigenvalue weighted by Crippen LogP contribution is -2.09. The van der Waals surface area contributed by atoms with E-state index in [4.69, 9.17) is 0 Å². The van der Waals surface area contributed by atoms with Crippen molar-refractivity contribution in [1.82, 2.24) is 19.1 Å². The number of aromatic nitrogens is 4. The highest BCUT2D eigenvalue weighted by atomic mass is 35.5. The van der Waals surface area contributed by atoms with Gasteiger partial charge in [-0.3, -0.25) is 0 Å². The Morgan fingerprint density at radius 1 is 1.17 bits per heavy atom. The van der Waals surface area contributed by atoms with E-state index in [-0.39, 0.29) is 18.1 Å². The second-order valence-electron chi connectivity index (χ2n) is 5.04. The van der Waals surface area contributed by atoms with E-state index in [2.05, 4.69) is 9.97 Å². The van der Waals surface area contributed by atoms with Gasteiger partial charge in [0.15, 0.2) is 0 Å². The Bertz CT molecular complexity index is 838. The van der Waals surface area contributed by atoms with E-state index in [0.717, 1.165) is 18.0 Å². The first-order valence-electron chi connectivity index (χ1n) is 6.72. The van der Waals surface area contributed by atoms with E-state index < -0.39 is 17.6 Å². The third kappa shape index (κ3) is 3.59. The molecule has 0 aliphatic rings. The second kappa shape index (κ2) is 6.64. The van der Waals surface area contributed by atoms with Gasteiger partial charge in [-0.25, -0.2) is 14.4 Å². The molecule has 0 atom stereocenters. The van der Waals surface area contributed by atoms with Gasteiger partial charge in [-0.1, -0.05) is 0 Å². The van der Waals surface area contributed by atoms with Crippen LogP contribution in [0.2, 0.25) is 0 Å². The predicted molar refractivity (Wildman–Crippen MR) is 81.8 cm³/mol. The van der Waals surface area contributed by atoms with Gasteiger partial charge in [0, 0.05) is 24.3 Å². The third-order valence-electron chi connectivity index (χ3n) is 3.45. The van der Waals surface area contributed by atoms with Crippen LogP contribution in [0.5, 0.6) is 0 Å². The largest absolute Gasteiger partial charge is 0.419 e. The van der Waals surface area contributed by atoms with Crippen molar-refractivity contribution in [2.24, 2.45) is 0 Å². The molecule has 3 rings (SSSR count). The molecular formula is C15H13ClF4N4. The second-order valence-corrected chi connectivity index (χ2v) is 5.04. The molecule has 0 bridgehead atoms. The van der Waals surface area contributed by atoms with Gasteiger partial charge in [0.1, 0.15) is 11.6 Å². The molecule has 0 fully saturated rings. The molecule has 24 heavy (non-hydrogen) atoms. The van der Waals surface area contributed by atoms with Crippen molar-refractivity contribution in [3.8, 4) is 5.69 Å². The maximum atomic E-state index is 13.3. The van der Waals surface area contributed by atoms with Crippen LogP contribution in [-0.2, 0) is 12.7 Å². The molecule has 0 unspecified atom stereocenters. The molecule has 0 aliphatic carbocycles. The fourth-order valence-corrected chi connectivity index (χ4v) is 2.22. The van der Waals surface area contributed by atoms with E-state index in [1.54, 1.807) is 18.6 Å². The normalized spacial score (nSPS) is 11.4. The molecule has 0 N–H and O–H groups in total. The molecule has 0 amide bonds. The number of rotatable bonds is 3. The van der Waals surface area contributed by atoms with Crippen LogP contribution in [0.25, 0.3) is 5.69 Å². The van der Waals surface area contributed by atoms with Crippen molar-refractivity contribution in [2.45, 2.75) is 19.6 Å². The van der Waals surface area contributed by atoms with E-state index in [0.29, 0.717) is 12.2 Å². The van der Waals surface area contributed by atoms with E-state index in [9.17, 15) is 17.6 Å². The quantitative estimate of drug-likeness (QED) is 0.662. The maximum Gasteiger partial charge on any atom is 0.419 e. The van der Waals surface area contributed by atoms with E-state index in [1.807, 2.05) is 11.5 Å². The van der Waals surface area contributed by atoms with Crippen molar-refractivity contribution < 1.29 is 17.6 Å². The number of benzene rings is 1. The van der Waals surface area contributed by atoms with Crippen LogP contribution in [0.3, 0.4) is 0 Å². The monoisotopic (exact) mass is 360 g/mol. The first-order chi connectivity index (χ1) is 10.8. The maximum absolute atomic E-state index is 13.3. The van der Waals surface area contributed by atoms with Gasteiger partial charge in [0.2, 0.25) is 0 Å². The number of hydrogen-bond donors (Lipinski definition) is 0. The first kappa shape index (κ1) is 18.0. The van der Waals surface area contributed by atoms with Gasteiger partial charge in [-0.05, 0) is 25.1 Å². The van der Waals surface area contributed by atoms with E-state index in [1.165, 1.54) is 17.0 Å². The Morgan fingerprint density at radius 2 is 1.92 bits per heavy atom. The SMILES string of the molecule is Cc1nccn1Cc1cn(-c2ccc(F)c(C(F)(F)F)c2)cn1.Cl. The minimum Gasteiger partial charge on any atom is -0.329 e. The van der Waals surface area contributed by atoms with Crippen molar-refractivity contribution in [2.75, 3.05) is 0 Å². The minimum absolute atomic E-state index is 0. The molecule has 0 saturated heterocycles. The summed E-state index contributed by atoms with van der Waals surface area (Å²) in [6, 6.07) is 2.85. The Morgan fingerprint density at radius 3 is 2.54 bits per heavy atom. The first-order valence-corrected chi connectivity index (χ1v) is 6.72. The van der Waals surface area contributed by atoms with Gasteiger partial charge in [-0.2, -0.15) is 13.2 Å². The molecule has 0 radical (unpaired) electrons. The Balaban J connectivity index is 0.00000208. The summed E-state index contributed by atoms with van der Waals surface area (Å²) in [6.45, 7) is 2.29. The highest BCUT2D eigenvalue weighted by Gasteiger charge is 2.34. The fourth-order valence-electron chi connectivity index (χ4n) is 2.22. The number of hydrogen-bond acceptors (Lipinski definition) is 2. The predicted octanol–water partition coefficient (Wildman–Crippen LogP) is 4.01. The molecule has 2 aromatic heterocycles.